The van der Waals surface area contributed by atoms with Crippen molar-refractivity contribution in [3.63, 3.8) is 0 Å². The van der Waals surface area contributed by atoms with Crippen molar-refractivity contribution in [1.29, 1.82) is 0 Å². The summed E-state index contributed by atoms with van der Waals surface area (Å²) in [6.07, 6.45) is 1.73. The lowest BCUT2D eigenvalue weighted by atomic mass is 10.3. The van der Waals surface area contributed by atoms with E-state index >= 15 is 0 Å². The second kappa shape index (κ2) is 3.01. The zero-order chi connectivity index (χ0) is 9.26. The third-order valence-electron chi connectivity index (χ3n) is 1.88. The SMILES string of the molecule is Cc1ncc2c(n1)NCC(=O)NC2. The van der Waals surface area contributed by atoms with Crippen LogP contribution in [0.1, 0.15) is 11.4 Å². The molecule has 5 heteroatoms. The maximum absolute atomic E-state index is 11.0. The number of amides is 1. The number of rotatable bonds is 0. The smallest absolute Gasteiger partial charge is 0.239 e. The Kier molecular flexibility index (Phi) is 1.84. The quantitative estimate of drug-likeness (QED) is 0.578. The topological polar surface area (TPSA) is 66.9 Å². The first-order valence-corrected chi connectivity index (χ1v) is 4.09. The van der Waals surface area contributed by atoms with Crippen molar-refractivity contribution < 1.29 is 4.79 Å². The fourth-order valence-corrected chi connectivity index (χ4v) is 1.20. The largest absolute Gasteiger partial charge is 0.361 e. The Bertz CT molecular complexity index is 350. The minimum atomic E-state index is -0.0179. The Morgan fingerprint density at radius 1 is 1.38 bits per heavy atom. The van der Waals surface area contributed by atoms with Crippen molar-refractivity contribution in [1.82, 2.24) is 15.3 Å². The van der Waals surface area contributed by atoms with Crippen molar-refractivity contribution in [2.75, 3.05) is 11.9 Å². The zero-order valence-corrected chi connectivity index (χ0v) is 7.29. The minimum Gasteiger partial charge on any atom is -0.361 e. The predicted molar refractivity (Wildman–Crippen MR) is 47.1 cm³/mol. The van der Waals surface area contributed by atoms with Crippen molar-refractivity contribution in [2.45, 2.75) is 13.5 Å². The predicted octanol–water partition coefficient (Wildman–Crippen LogP) is -0.173. The van der Waals surface area contributed by atoms with E-state index in [0.717, 1.165) is 11.4 Å². The molecular weight excluding hydrogens is 168 g/mol. The van der Waals surface area contributed by atoms with E-state index in [9.17, 15) is 4.79 Å². The molecule has 0 spiro atoms. The number of hydrogen-bond acceptors (Lipinski definition) is 4. The van der Waals surface area contributed by atoms with Crippen LogP contribution in [-0.2, 0) is 11.3 Å². The Hall–Kier alpha value is -1.65. The van der Waals surface area contributed by atoms with Gasteiger partial charge in [-0.2, -0.15) is 0 Å². The van der Waals surface area contributed by atoms with Crippen LogP contribution in [0, 0.1) is 6.92 Å². The van der Waals surface area contributed by atoms with E-state index in [2.05, 4.69) is 20.6 Å². The highest BCUT2D eigenvalue weighted by Gasteiger charge is 2.12. The Balaban J connectivity index is 2.35. The summed E-state index contributed by atoms with van der Waals surface area (Å²) in [5.74, 6) is 1.45. The summed E-state index contributed by atoms with van der Waals surface area (Å²) in [4.78, 5) is 19.3. The molecule has 2 N–H and O–H groups in total. The monoisotopic (exact) mass is 178 g/mol. The van der Waals surface area contributed by atoms with E-state index in [4.69, 9.17) is 0 Å². The number of nitrogens with zero attached hydrogens (tertiary/aromatic N) is 2. The van der Waals surface area contributed by atoms with Crippen LogP contribution in [-0.4, -0.2) is 22.4 Å². The average molecular weight is 178 g/mol. The lowest BCUT2D eigenvalue weighted by Crippen LogP contribution is -2.25. The Morgan fingerprint density at radius 3 is 3.08 bits per heavy atom. The summed E-state index contributed by atoms with van der Waals surface area (Å²) in [5, 5.41) is 5.69. The molecular formula is C8H10N4O. The number of nitrogens with one attached hydrogen (secondary N) is 2. The van der Waals surface area contributed by atoms with Crippen LogP contribution in [0.5, 0.6) is 0 Å². The average Bonchev–Trinajstić information content (AvgIpc) is 2.29. The molecule has 0 radical (unpaired) electrons. The van der Waals surface area contributed by atoms with Gasteiger partial charge in [-0.05, 0) is 6.92 Å². The van der Waals surface area contributed by atoms with E-state index in [1.165, 1.54) is 0 Å². The number of anilines is 1. The highest BCUT2D eigenvalue weighted by molar-refractivity contribution is 5.81. The lowest BCUT2D eigenvalue weighted by Gasteiger charge is -2.04. The van der Waals surface area contributed by atoms with Gasteiger partial charge in [0.05, 0.1) is 6.54 Å². The minimum absolute atomic E-state index is 0.0179. The fourth-order valence-electron chi connectivity index (χ4n) is 1.20. The molecule has 1 aliphatic rings. The molecule has 0 bridgehead atoms. The first kappa shape index (κ1) is 7.97. The summed E-state index contributed by atoms with van der Waals surface area (Å²) in [6.45, 7) is 2.60. The molecule has 0 saturated heterocycles. The number of carbonyl (C=O) groups excluding carboxylic acids is 1. The maximum atomic E-state index is 11.0. The van der Waals surface area contributed by atoms with Gasteiger partial charge in [0.15, 0.2) is 0 Å². The third kappa shape index (κ3) is 1.58. The zero-order valence-electron chi connectivity index (χ0n) is 7.29. The molecule has 1 aromatic rings. The number of aromatic nitrogens is 2. The Morgan fingerprint density at radius 2 is 2.23 bits per heavy atom. The van der Waals surface area contributed by atoms with E-state index < -0.39 is 0 Å². The molecule has 5 nitrogen and oxygen atoms in total. The highest BCUT2D eigenvalue weighted by atomic mass is 16.1. The number of fused-ring (bicyclic) bond motifs is 1. The van der Waals surface area contributed by atoms with E-state index in [1.54, 1.807) is 6.20 Å². The summed E-state index contributed by atoms with van der Waals surface area (Å²) in [7, 11) is 0. The number of aryl methyl sites for hydroxylation is 1. The molecule has 0 atom stereocenters. The van der Waals surface area contributed by atoms with Crippen molar-refractivity contribution in [3.8, 4) is 0 Å². The van der Waals surface area contributed by atoms with Crippen LogP contribution in [0.2, 0.25) is 0 Å². The van der Waals surface area contributed by atoms with Gasteiger partial charge in [-0.15, -0.1) is 0 Å². The third-order valence-corrected chi connectivity index (χ3v) is 1.88. The highest BCUT2D eigenvalue weighted by Crippen LogP contribution is 2.12. The van der Waals surface area contributed by atoms with Gasteiger partial charge >= 0.3 is 0 Å². The van der Waals surface area contributed by atoms with Crippen molar-refractivity contribution in [3.05, 3.63) is 17.6 Å². The molecule has 1 aromatic heterocycles. The van der Waals surface area contributed by atoms with Crippen molar-refractivity contribution in [2.24, 2.45) is 0 Å². The Labute approximate surface area is 75.6 Å². The summed E-state index contributed by atoms with van der Waals surface area (Å²) in [5.41, 5.74) is 0.927. The molecule has 1 aliphatic heterocycles. The number of hydrogen-bond donors (Lipinski definition) is 2. The van der Waals surface area contributed by atoms with Crippen LogP contribution < -0.4 is 10.6 Å². The summed E-state index contributed by atoms with van der Waals surface area (Å²) >= 11 is 0. The van der Waals surface area contributed by atoms with Crippen molar-refractivity contribution >= 4 is 11.7 Å². The van der Waals surface area contributed by atoms with Gasteiger partial charge in [-0.3, -0.25) is 4.79 Å². The molecule has 1 amide bonds. The first-order valence-electron chi connectivity index (χ1n) is 4.09. The molecule has 13 heavy (non-hydrogen) atoms. The van der Waals surface area contributed by atoms with Gasteiger partial charge in [0.25, 0.3) is 0 Å². The van der Waals surface area contributed by atoms with Crippen LogP contribution in [0.15, 0.2) is 6.20 Å². The van der Waals surface area contributed by atoms with E-state index in [1.807, 2.05) is 6.92 Å². The molecule has 0 saturated carbocycles. The van der Waals surface area contributed by atoms with Gasteiger partial charge in [0.2, 0.25) is 5.91 Å². The second-order valence-electron chi connectivity index (χ2n) is 2.92. The van der Waals surface area contributed by atoms with Crippen LogP contribution in [0.25, 0.3) is 0 Å². The van der Waals surface area contributed by atoms with Gasteiger partial charge in [0, 0.05) is 18.3 Å². The standard InChI is InChI=1S/C8H10N4O/c1-5-9-2-6-3-10-7(13)4-11-8(6)12-5/h2H,3-4H2,1H3,(H,10,13)(H,9,11,12). The maximum Gasteiger partial charge on any atom is 0.239 e. The summed E-state index contributed by atoms with van der Waals surface area (Å²) in [6, 6.07) is 0. The van der Waals surface area contributed by atoms with E-state index in [0.29, 0.717) is 12.4 Å². The normalized spacial score (nSPS) is 15.3. The van der Waals surface area contributed by atoms with E-state index in [-0.39, 0.29) is 12.5 Å². The molecule has 2 heterocycles. The molecule has 0 unspecified atom stereocenters. The molecule has 2 rings (SSSR count). The molecule has 0 aromatic carbocycles. The summed E-state index contributed by atoms with van der Waals surface area (Å²) < 4.78 is 0. The fraction of sp³-hybridized carbons (Fsp3) is 0.375. The lowest BCUT2D eigenvalue weighted by molar-refractivity contribution is -0.119. The molecule has 68 valence electrons. The van der Waals surface area contributed by atoms with Gasteiger partial charge in [0.1, 0.15) is 11.6 Å². The second-order valence-corrected chi connectivity index (χ2v) is 2.92. The van der Waals surface area contributed by atoms with Gasteiger partial charge in [-0.25, -0.2) is 9.97 Å². The van der Waals surface area contributed by atoms with Crippen LogP contribution in [0.4, 0.5) is 5.82 Å². The van der Waals surface area contributed by atoms with Gasteiger partial charge < -0.3 is 10.6 Å². The number of carbonyl (C=O) groups is 1. The molecule has 0 aliphatic carbocycles. The first-order chi connectivity index (χ1) is 6.25. The van der Waals surface area contributed by atoms with Crippen LogP contribution >= 0.6 is 0 Å². The van der Waals surface area contributed by atoms with Crippen LogP contribution in [0.3, 0.4) is 0 Å². The molecule has 0 fully saturated rings. The van der Waals surface area contributed by atoms with Gasteiger partial charge in [-0.1, -0.05) is 0 Å².